The number of nitriles is 1. The monoisotopic (exact) mass is 311 g/mol. The van der Waals surface area contributed by atoms with Gasteiger partial charge in [-0.15, -0.1) is 0 Å². The number of hydrogen-bond donors (Lipinski definition) is 1. The Morgan fingerprint density at radius 2 is 2.05 bits per heavy atom. The van der Waals surface area contributed by atoms with E-state index in [1.54, 1.807) is 0 Å². The highest BCUT2D eigenvalue weighted by molar-refractivity contribution is 7.89. The summed E-state index contributed by atoms with van der Waals surface area (Å²) in [5.41, 5.74) is 0. The van der Waals surface area contributed by atoms with E-state index in [1.807, 2.05) is 18.7 Å². The first-order valence-corrected chi connectivity index (χ1v) is 8.64. The van der Waals surface area contributed by atoms with Crippen molar-refractivity contribution in [1.29, 1.82) is 5.26 Å². The summed E-state index contributed by atoms with van der Waals surface area (Å²) < 4.78 is 26.5. The lowest BCUT2D eigenvalue weighted by Crippen LogP contribution is -2.51. The predicted octanol–water partition coefficient (Wildman–Crippen LogP) is 0.581. The summed E-state index contributed by atoms with van der Waals surface area (Å²) in [6.07, 6.45) is 2.80. The summed E-state index contributed by atoms with van der Waals surface area (Å²) in [5.74, 6) is 0.669. The van der Waals surface area contributed by atoms with E-state index in [0.717, 1.165) is 6.42 Å². The minimum Gasteiger partial charge on any atom is -0.332 e. The molecule has 0 aliphatic carbocycles. The largest absolute Gasteiger partial charge is 0.332 e. The molecule has 2 rings (SSSR count). The number of aryl methyl sites for hydroxylation is 1. The van der Waals surface area contributed by atoms with E-state index in [-0.39, 0.29) is 11.1 Å². The van der Waals surface area contributed by atoms with Crippen LogP contribution in [-0.2, 0) is 16.4 Å². The van der Waals surface area contributed by atoms with Crippen molar-refractivity contribution in [2.75, 3.05) is 26.2 Å². The summed E-state index contributed by atoms with van der Waals surface area (Å²) in [7, 11) is -3.51. The Labute approximate surface area is 125 Å². The Bertz CT molecular complexity index is 611. The molecule has 0 radical (unpaired) electrons. The second-order valence-corrected chi connectivity index (χ2v) is 6.95. The van der Waals surface area contributed by atoms with Crippen molar-refractivity contribution in [3.05, 3.63) is 12.0 Å². The van der Waals surface area contributed by atoms with E-state index in [1.165, 1.54) is 10.5 Å². The molecule has 0 saturated carbocycles. The summed E-state index contributed by atoms with van der Waals surface area (Å²) in [6.45, 7) is 5.86. The van der Waals surface area contributed by atoms with Crippen molar-refractivity contribution in [2.45, 2.75) is 37.8 Å². The number of aromatic nitrogens is 2. The Morgan fingerprint density at radius 3 is 2.52 bits per heavy atom. The summed E-state index contributed by atoms with van der Waals surface area (Å²) in [5, 5.41) is 9.23. The van der Waals surface area contributed by atoms with Gasteiger partial charge < -0.3 is 4.98 Å². The molecule has 1 fully saturated rings. The molecule has 1 aromatic rings. The van der Waals surface area contributed by atoms with Crippen LogP contribution < -0.4 is 0 Å². The topological polar surface area (TPSA) is 93.1 Å². The van der Waals surface area contributed by atoms with E-state index < -0.39 is 10.0 Å². The normalized spacial score (nSPS) is 19.3. The molecule has 1 aliphatic rings. The van der Waals surface area contributed by atoms with Crippen molar-refractivity contribution < 1.29 is 8.42 Å². The van der Waals surface area contributed by atoms with Crippen LogP contribution in [0.5, 0.6) is 0 Å². The van der Waals surface area contributed by atoms with Crippen LogP contribution in [0.25, 0.3) is 0 Å². The third kappa shape index (κ3) is 3.26. The van der Waals surface area contributed by atoms with Gasteiger partial charge in [0, 0.05) is 32.6 Å². The number of H-pyrrole nitrogens is 1. The molecule has 7 nitrogen and oxygen atoms in total. The highest BCUT2D eigenvalue weighted by Crippen LogP contribution is 2.17. The van der Waals surface area contributed by atoms with Gasteiger partial charge in [-0.05, 0) is 6.42 Å². The summed E-state index contributed by atoms with van der Waals surface area (Å²) in [6, 6.07) is 2.13. The molecule has 1 aromatic heterocycles. The standard InChI is InChI=1S/C13H21N5O2S/c1-3-11(9-14)17-5-7-18(8-6-17)21(19,20)13-10-15-12(4-2)16-13/h10-11H,3-8H2,1-2H3,(H,15,16). The van der Waals surface area contributed by atoms with E-state index in [0.29, 0.717) is 38.4 Å². The van der Waals surface area contributed by atoms with Crippen LogP contribution in [0.4, 0.5) is 0 Å². The fourth-order valence-corrected chi connectivity index (χ4v) is 3.83. The Kier molecular flexibility index (Phi) is 4.98. The van der Waals surface area contributed by atoms with Crippen LogP contribution in [0.3, 0.4) is 0 Å². The molecule has 1 saturated heterocycles. The van der Waals surface area contributed by atoms with Gasteiger partial charge in [0.05, 0.1) is 18.3 Å². The number of hydrogen-bond acceptors (Lipinski definition) is 5. The van der Waals surface area contributed by atoms with Crippen molar-refractivity contribution in [1.82, 2.24) is 19.2 Å². The van der Waals surface area contributed by atoms with Crippen molar-refractivity contribution in [3.63, 3.8) is 0 Å². The second-order valence-electron chi connectivity index (χ2n) is 5.04. The summed E-state index contributed by atoms with van der Waals surface area (Å²) in [4.78, 5) is 8.94. The highest BCUT2D eigenvalue weighted by atomic mass is 32.2. The number of sulfonamides is 1. The van der Waals surface area contributed by atoms with Gasteiger partial charge in [-0.1, -0.05) is 13.8 Å². The van der Waals surface area contributed by atoms with E-state index in [2.05, 4.69) is 16.0 Å². The molecule has 116 valence electrons. The van der Waals surface area contributed by atoms with Crippen molar-refractivity contribution in [2.24, 2.45) is 0 Å². The molecule has 0 aromatic carbocycles. The lowest BCUT2D eigenvalue weighted by molar-refractivity contribution is 0.159. The number of nitrogens with zero attached hydrogens (tertiary/aromatic N) is 4. The third-order valence-electron chi connectivity index (χ3n) is 3.81. The van der Waals surface area contributed by atoms with Gasteiger partial charge in [-0.25, -0.2) is 13.4 Å². The smallest absolute Gasteiger partial charge is 0.260 e. The second kappa shape index (κ2) is 6.56. The average Bonchev–Trinajstić information content (AvgIpc) is 2.99. The van der Waals surface area contributed by atoms with Crippen LogP contribution in [0.1, 0.15) is 26.1 Å². The minimum absolute atomic E-state index is 0.131. The molecular formula is C13H21N5O2S. The Hall–Kier alpha value is -1.43. The van der Waals surface area contributed by atoms with Crippen LogP contribution in [0.2, 0.25) is 0 Å². The molecule has 2 heterocycles. The molecule has 0 bridgehead atoms. The minimum atomic E-state index is -3.51. The zero-order chi connectivity index (χ0) is 15.5. The molecule has 0 amide bonds. The summed E-state index contributed by atoms with van der Waals surface area (Å²) >= 11 is 0. The first-order chi connectivity index (χ1) is 10.0. The lowest BCUT2D eigenvalue weighted by atomic mass is 10.2. The first-order valence-electron chi connectivity index (χ1n) is 7.20. The fourth-order valence-electron chi connectivity index (χ4n) is 2.48. The van der Waals surface area contributed by atoms with Crippen LogP contribution in [-0.4, -0.2) is 59.8 Å². The van der Waals surface area contributed by atoms with Crippen molar-refractivity contribution >= 4 is 10.0 Å². The quantitative estimate of drug-likeness (QED) is 0.858. The Morgan fingerprint density at radius 1 is 1.38 bits per heavy atom. The SMILES string of the molecule is CCc1ncc(S(=O)(=O)N2CCN(C(C#N)CC)CC2)[nH]1. The predicted molar refractivity (Wildman–Crippen MR) is 78.0 cm³/mol. The van der Waals surface area contributed by atoms with E-state index in [4.69, 9.17) is 5.26 Å². The molecule has 1 aliphatic heterocycles. The van der Waals surface area contributed by atoms with Crippen molar-refractivity contribution in [3.8, 4) is 6.07 Å². The average molecular weight is 311 g/mol. The maximum absolute atomic E-state index is 12.5. The molecule has 8 heteroatoms. The Balaban J connectivity index is 2.06. The van der Waals surface area contributed by atoms with Gasteiger partial charge in [-0.3, -0.25) is 4.90 Å². The number of aromatic amines is 1. The van der Waals surface area contributed by atoms with Crippen LogP contribution in [0, 0.1) is 11.3 Å². The first kappa shape index (κ1) is 15.9. The fraction of sp³-hybridized carbons (Fsp3) is 0.692. The van der Waals surface area contributed by atoms with Gasteiger partial charge in [0.1, 0.15) is 5.82 Å². The van der Waals surface area contributed by atoms with E-state index in [9.17, 15) is 8.42 Å². The van der Waals surface area contributed by atoms with Crippen LogP contribution >= 0.6 is 0 Å². The highest BCUT2D eigenvalue weighted by Gasteiger charge is 2.31. The zero-order valence-corrected chi connectivity index (χ0v) is 13.2. The van der Waals surface area contributed by atoms with Gasteiger partial charge in [0.25, 0.3) is 10.0 Å². The number of nitrogens with one attached hydrogen (secondary N) is 1. The number of imidazole rings is 1. The number of rotatable bonds is 5. The molecule has 1 N–H and O–H groups in total. The van der Waals surface area contributed by atoms with Gasteiger partial charge in [0.2, 0.25) is 0 Å². The molecule has 1 atom stereocenters. The van der Waals surface area contributed by atoms with Gasteiger partial charge in [0.15, 0.2) is 5.03 Å². The number of piperazine rings is 1. The maximum atomic E-state index is 12.5. The van der Waals surface area contributed by atoms with Crippen LogP contribution in [0.15, 0.2) is 11.2 Å². The molecule has 1 unspecified atom stereocenters. The maximum Gasteiger partial charge on any atom is 0.260 e. The van der Waals surface area contributed by atoms with Gasteiger partial charge >= 0.3 is 0 Å². The molecule has 0 spiro atoms. The third-order valence-corrected chi connectivity index (χ3v) is 5.62. The zero-order valence-electron chi connectivity index (χ0n) is 12.4. The molecular weight excluding hydrogens is 290 g/mol. The molecule has 21 heavy (non-hydrogen) atoms. The van der Waals surface area contributed by atoms with Gasteiger partial charge in [-0.2, -0.15) is 9.57 Å². The van der Waals surface area contributed by atoms with E-state index >= 15 is 0 Å². The lowest BCUT2D eigenvalue weighted by Gasteiger charge is -2.35.